The molecule has 1 heterocycles. The highest BCUT2D eigenvalue weighted by molar-refractivity contribution is 9.10. The molecule has 1 unspecified atom stereocenters. The van der Waals surface area contributed by atoms with Gasteiger partial charge in [-0.2, -0.15) is 0 Å². The van der Waals surface area contributed by atoms with E-state index in [1.54, 1.807) is 13.0 Å². The lowest BCUT2D eigenvalue weighted by atomic mass is 10.1. The first kappa shape index (κ1) is 13.6. The average molecular weight is 323 g/mol. The van der Waals surface area contributed by atoms with Crippen LogP contribution in [0.4, 0.5) is 11.4 Å². The lowest BCUT2D eigenvalue weighted by Gasteiger charge is -2.18. The largest absolute Gasteiger partial charge is 0.305 e. The number of halogens is 1. The average Bonchev–Trinajstić information content (AvgIpc) is 2.69. The summed E-state index contributed by atoms with van der Waals surface area (Å²) >= 11 is 3.22. The Morgan fingerprint density at radius 2 is 2.26 bits per heavy atom. The van der Waals surface area contributed by atoms with Crippen molar-refractivity contribution in [2.45, 2.75) is 13.3 Å². The molecule has 5 nitrogen and oxygen atoms in total. The highest BCUT2D eigenvalue weighted by Crippen LogP contribution is 2.37. The van der Waals surface area contributed by atoms with Gasteiger partial charge in [0.05, 0.1) is 4.92 Å². The van der Waals surface area contributed by atoms with E-state index in [4.69, 9.17) is 6.42 Å². The minimum absolute atomic E-state index is 0.0853. The van der Waals surface area contributed by atoms with Gasteiger partial charge in [0.2, 0.25) is 5.91 Å². The van der Waals surface area contributed by atoms with E-state index in [0.29, 0.717) is 22.3 Å². The van der Waals surface area contributed by atoms with Crippen LogP contribution in [0, 0.1) is 35.3 Å². The van der Waals surface area contributed by atoms with E-state index >= 15 is 0 Å². The maximum Gasteiger partial charge on any atom is 0.294 e. The van der Waals surface area contributed by atoms with E-state index < -0.39 is 4.92 Å². The molecule has 0 saturated carbocycles. The summed E-state index contributed by atoms with van der Waals surface area (Å²) < 4.78 is 0.612. The van der Waals surface area contributed by atoms with E-state index in [1.807, 2.05) is 0 Å². The van der Waals surface area contributed by atoms with Crippen LogP contribution in [-0.2, 0) is 4.79 Å². The summed E-state index contributed by atoms with van der Waals surface area (Å²) in [6.45, 7) is 2.07. The minimum Gasteiger partial charge on any atom is -0.305 e. The van der Waals surface area contributed by atoms with E-state index in [2.05, 4.69) is 21.9 Å². The molecule has 1 fully saturated rings. The number of benzene rings is 1. The molecule has 1 aliphatic rings. The van der Waals surface area contributed by atoms with Gasteiger partial charge in [0.15, 0.2) is 0 Å². The summed E-state index contributed by atoms with van der Waals surface area (Å²) in [5.74, 6) is 2.18. The van der Waals surface area contributed by atoms with Crippen LogP contribution in [0.2, 0.25) is 0 Å². The number of anilines is 1. The molecule has 6 heteroatoms. The number of carbonyl (C=O) groups is 1. The zero-order valence-corrected chi connectivity index (χ0v) is 11.8. The summed E-state index contributed by atoms with van der Waals surface area (Å²) in [4.78, 5) is 24.0. The summed E-state index contributed by atoms with van der Waals surface area (Å²) in [6, 6.07) is 3.15. The number of nitro benzene ring substituents is 1. The number of hydrogen-bond donors (Lipinski definition) is 0. The van der Waals surface area contributed by atoms with Crippen LogP contribution in [0.15, 0.2) is 16.6 Å². The number of hydrogen-bond acceptors (Lipinski definition) is 3. The van der Waals surface area contributed by atoms with Crippen LogP contribution >= 0.6 is 15.9 Å². The Balaban J connectivity index is 2.54. The smallest absolute Gasteiger partial charge is 0.294 e. The van der Waals surface area contributed by atoms with E-state index in [9.17, 15) is 14.9 Å². The Morgan fingerprint density at radius 1 is 1.58 bits per heavy atom. The van der Waals surface area contributed by atoms with Crippen LogP contribution in [0.25, 0.3) is 0 Å². The van der Waals surface area contributed by atoms with E-state index in [1.165, 1.54) is 11.0 Å². The summed E-state index contributed by atoms with van der Waals surface area (Å²) in [5, 5.41) is 11.1. The number of aryl methyl sites for hydroxylation is 1. The number of rotatable bonds is 2. The predicted octanol–water partition coefficient (Wildman–Crippen LogP) is 2.65. The Hall–Kier alpha value is -1.87. The van der Waals surface area contributed by atoms with Crippen molar-refractivity contribution in [1.29, 1.82) is 0 Å². The van der Waals surface area contributed by atoms with Crippen molar-refractivity contribution < 1.29 is 9.72 Å². The fourth-order valence-electron chi connectivity index (χ4n) is 2.24. The molecule has 19 heavy (non-hydrogen) atoms. The molecule has 1 aromatic rings. The van der Waals surface area contributed by atoms with Crippen LogP contribution in [0.1, 0.15) is 12.0 Å². The van der Waals surface area contributed by atoms with Crippen LogP contribution in [-0.4, -0.2) is 17.4 Å². The molecular weight excluding hydrogens is 312 g/mol. The maximum absolute atomic E-state index is 12.0. The van der Waals surface area contributed by atoms with Crippen LogP contribution in [0.5, 0.6) is 0 Å². The third kappa shape index (κ3) is 2.47. The van der Waals surface area contributed by atoms with Crippen LogP contribution < -0.4 is 4.90 Å². The van der Waals surface area contributed by atoms with Crippen molar-refractivity contribution in [3.8, 4) is 12.3 Å². The monoisotopic (exact) mass is 322 g/mol. The van der Waals surface area contributed by atoms with Gasteiger partial charge >= 0.3 is 0 Å². The van der Waals surface area contributed by atoms with Gasteiger partial charge in [-0.1, -0.05) is 15.9 Å². The molecule has 1 amide bonds. The summed E-state index contributed by atoms with van der Waals surface area (Å²) in [7, 11) is 0. The van der Waals surface area contributed by atoms with Crippen molar-refractivity contribution >= 4 is 33.2 Å². The lowest BCUT2D eigenvalue weighted by molar-refractivity contribution is -0.384. The Kier molecular flexibility index (Phi) is 3.58. The molecular formula is C13H11BrN2O3. The quantitative estimate of drug-likeness (QED) is 0.477. The third-order valence-electron chi connectivity index (χ3n) is 3.07. The molecule has 0 aromatic heterocycles. The van der Waals surface area contributed by atoms with Gasteiger partial charge in [-0.3, -0.25) is 14.9 Å². The van der Waals surface area contributed by atoms with Crippen molar-refractivity contribution in [2.75, 3.05) is 11.4 Å². The van der Waals surface area contributed by atoms with Crippen molar-refractivity contribution in [3.63, 3.8) is 0 Å². The van der Waals surface area contributed by atoms with Gasteiger partial charge < -0.3 is 4.90 Å². The second kappa shape index (κ2) is 5.02. The fourth-order valence-corrected chi connectivity index (χ4v) is 2.80. The summed E-state index contributed by atoms with van der Waals surface area (Å²) in [5.41, 5.74) is 0.931. The second-order valence-electron chi connectivity index (χ2n) is 4.42. The number of amides is 1. The molecule has 1 aromatic carbocycles. The molecule has 0 bridgehead atoms. The fraction of sp³-hybridized carbons (Fsp3) is 0.308. The number of terminal acetylenes is 1. The minimum atomic E-state index is -0.483. The number of carbonyl (C=O) groups excluding carboxylic acids is 1. The summed E-state index contributed by atoms with van der Waals surface area (Å²) in [6.07, 6.45) is 5.57. The van der Waals surface area contributed by atoms with Crippen molar-refractivity contribution in [2.24, 2.45) is 5.92 Å². The van der Waals surface area contributed by atoms with E-state index in [-0.39, 0.29) is 23.9 Å². The predicted molar refractivity (Wildman–Crippen MR) is 74.8 cm³/mol. The lowest BCUT2D eigenvalue weighted by Crippen LogP contribution is -2.26. The molecule has 1 saturated heterocycles. The van der Waals surface area contributed by atoms with Gasteiger partial charge in [0, 0.05) is 29.4 Å². The highest BCUT2D eigenvalue weighted by Gasteiger charge is 2.34. The standard InChI is InChI=1S/C13H11BrN2O3/c1-3-9-5-12(17)15(7-9)13-8(2)4-10(14)6-11(13)16(18)19/h1,4,6,9H,5,7H2,2H3. The third-order valence-corrected chi connectivity index (χ3v) is 3.53. The molecule has 0 aliphatic carbocycles. The van der Waals surface area contributed by atoms with Crippen molar-refractivity contribution in [3.05, 3.63) is 32.3 Å². The first-order valence-electron chi connectivity index (χ1n) is 5.65. The zero-order valence-electron chi connectivity index (χ0n) is 10.2. The normalized spacial score (nSPS) is 18.5. The molecule has 98 valence electrons. The molecule has 1 aliphatic heterocycles. The van der Waals surface area contributed by atoms with Gasteiger partial charge in [-0.05, 0) is 18.6 Å². The van der Waals surface area contributed by atoms with Gasteiger partial charge in [-0.25, -0.2) is 0 Å². The van der Waals surface area contributed by atoms with Crippen molar-refractivity contribution in [1.82, 2.24) is 0 Å². The van der Waals surface area contributed by atoms with Gasteiger partial charge in [0.25, 0.3) is 5.69 Å². The highest BCUT2D eigenvalue weighted by atomic mass is 79.9. The SMILES string of the molecule is C#CC1CC(=O)N(c2c(C)cc(Br)cc2[N+](=O)[O-])C1. The van der Waals surface area contributed by atoms with Crippen LogP contribution in [0.3, 0.4) is 0 Å². The topological polar surface area (TPSA) is 63.5 Å². The Labute approximate surface area is 118 Å². The first-order valence-corrected chi connectivity index (χ1v) is 6.44. The Bertz CT molecular complexity index is 607. The first-order chi connectivity index (χ1) is 8.93. The molecule has 1 atom stereocenters. The molecule has 0 spiro atoms. The molecule has 0 radical (unpaired) electrons. The number of nitro groups is 1. The van der Waals surface area contributed by atoms with E-state index in [0.717, 1.165) is 0 Å². The maximum atomic E-state index is 12.0. The van der Waals surface area contributed by atoms with Gasteiger partial charge in [0.1, 0.15) is 5.69 Å². The Morgan fingerprint density at radius 3 is 2.79 bits per heavy atom. The second-order valence-corrected chi connectivity index (χ2v) is 5.34. The molecule has 0 N–H and O–H groups in total. The number of nitrogens with zero attached hydrogens (tertiary/aromatic N) is 2. The molecule has 2 rings (SSSR count). The van der Waals surface area contributed by atoms with Gasteiger partial charge in [-0.15, -0.1) is 12.3 Å². The zero-order chi connectivity index (χ0) is 14.2.